The summed E-state index contributed by atoms with van der Waals surface area (Å²) in [5.41, 5.74) is 0.238. The lowest BCUT2D eigenvalue weighted by molar-refractivity contribution is 0.604. The molecule has 0 atom stereocenters. The molecule has 3 nitrogen and oxygen atoms in total. The molecule has 5 heteroatoms. The minimum atomic E-state index is 0.238. The van der Waals surface area contributed by atoms with Crippen molar-refractivity contribution in [2.24, 2.45) is 0 Å². The summed E-state index contributed by atoms with van der Waals surface area (Å²) in [7, 11) is 0. The number of nitrogens with one attached hydrogen (secondary N) is 1. The molecule has 0 aliphatic heterocycles. The first-order chi connectivity index (χ1) is 7.95. The molecule has 0 fully saturated rings. The molecule has 0 radical (unpaired) electrons. The highest BCUT2D eigenvalue weighted by Crippen LogP contribution is 2.29. The molecule has 2 rings (SSSR count). The van der Waals surface area contributed by atoms with Gasteiger partial charge in [0.05, 0.1) is 6.54 Å². The highest BCUT2D eigenvalue weighted by molar-refractivity contribution is 7.15. The zero-order chi connectivity index (χ0) is 12.5. The lowest BCUT2D eigenvalue weighted by Gasteiger charge is -2.15. The third-order valence-corrected chi connectivity index (χ3v) is 4.65. The Labute approximate surface area is 110 Å². The highest BCUT2D eigenvalue weighted by Gasteiger charge is 2.15. The predicted molar refractivity (Wildman–Crippen MR) is 75.0 cm³/mol. The summed E-state index contributed by atoms with van der Waals surface area (Å²) in [5, 5.41) is 13.2. The maximum Gasteiger partial charge on any atom is 0.205 e. The molecule has 1 N–H and O–H groups in total. The molecular formula is C12H17N3S2. The van der Waals surface area contributed by atoms with E-state index in [0.29, 0.717) is 0 Å². The van der Waals surface area contributed by atoms with E-state index in [1.165, 1.54) is 9.75 Å². The number of nitrogens with zero attached hydrogens (tertiary/aromatic N) is 2. The first-order valence-corrected chi connectivity index (χ1v) is 7.21. The largest absolute Gasteiger partial charge is 0.355 e. The molecule has 0 amide bonds. The normalized spacial score (nSPS) is 11.8. The van der Waals surface area contributed by atoms with Gasteiger partial charge in [-0.05, 0) is 24.5 Å². The van der Waals surface area contributed by atoms with Gasteiger partial charge in [0.25, 0.3) is 0 Å². The Balaban J connectivity index is 1.98. The van der Waals surface area contributed by atoms with E-state index in [0.717, 1.165) is 16.7 Å². The second-order valence-corrected chi connectivity index (χ2v) is 7.35. The van der Waals surface area contributed by atoms with Crippen molar-refractivity contribution in [2.75, 3.05) is 5.32 Å². The summed E-state index contributed by atoms with van der Waals surface area (Å²) in [4.78, 5) is 2.76. The zero-order valence-corrected chi connectivity index (χ0v) is 12.2. The quantitative estimate of drug-likeness (QED) is 0.918. The van der Waals surface area contributed by atoms with Gasteiger partial charge in [0.2, 0.25) is 5.13 Å². The van der Waals surface area contributed by atoms with Crippen LogP contribution in [-0.4, -0.2) is 10.2 Å². The molecule has 92 valence electrons. The van der Waals surface area contributed by atoms with E-state index >= 15 is 0 Å². The van der Waals surface area contributed by atoms with E-state index in [4.69, 9.17) is 0 Å². The standard InChI is InChI=1S/C12H17N3S2/c1-8-14-15-11(16-8)13-7-9-5-6-10(17-9)12(2,3)4/h5-6H,7H2,1-4H3,(H,13,15). The van der Waals surface area contributed by atoms with Crippen molar-refractivity contribution in [2.45, 2.75) is 39.7 Å². The van der Waals surface area contributed by atoms with Crippen LogP contribution in [0.1, 0.15) is 35.5 Å². The third kappa shape index (κ3) is 3.26. The molecule has 0 bridgehead atoms. The van der Waals surface area contributed by atoms with E-state index in [1.54, 1.807) is 11.3 Å². The molecule has 0 saturated heterocycles. The number of anilines is 1. The summed E-state index contributed by atoms with van der Waals surface area (Å²) in [6, 6.07) is 4.40. The Bertz CT molecular complexity index is 494. The van der Waals surface area contributed by atoms with Crippen LogP contribution in [0.4, 0.5) is 5.13 Å². The lowest BCUT2D eigenvalue weighted by Crippen LogP contribution is -2.07. The first-order valence-electron chi connectivity index (χ1n) is 5.58. The molecule has 0 aliphatic carbocycles. The minimum Gasteiger partial charge on any atom is -0.355 e. The second kappa shape index (κ2) is 4.74. The third-order valence-electron chi connectivity index (χ3n) is 2.34. The number of hydrogen-bond acceptors (Lipinski definition) is 5. The Morgan fingerprint density at radius 2 is 1.94 bits per heavy atom. The molecule has 2 aromatic heterocycles. The van der Waals surface area contributed by atoms with Gasteiger partial charge < -0.3 is 5.32 Å². The number of hydrogen-bond donors (Lipinski definition) is 1. The summed E-state index contributed by atoms with van der Waals surface area (Å²) in [5.74, 6) is 0. The molecule has 0 spiro atoms. The summed E-state index contributed by atoms with van der Waals surface area (Å²) in [6.07, 6.45) is 0. The van der Waals surface area contributed by atoms with Crippen molar-refractivity contribution in [3.05, 3.63) is 26.9 Å². The fourth-order valence-corrected chi connectivity index (χ4v) is 3.00. The van der Waals surface area contributed by atoms with E-state index in [1.807, 2.05) is 18.3 Å². The van der Waals surface area contributed by atoms with Crippen molar-refractivity contribution >= 4 is 27.8 Å². The van der Waals surface area contributed by atoms with Crippen LogP contribution in [0, 0.1) is 6.92 Å². The minimum absolute atomic E-state index is 0.238. The van der Waals surface area contributed by atoms with Crippen LogP contribution in [0.5, 0.6) is 0 Å². The van der Waals surface area contributed by atoms with E-state index in [9.17, 15) is 0 Å². The monoisotopic (exact) mass is 267 g/mol. The second-order valence-electron chi connectivity index (χ2n) is 5.00. The first kappa shape index (κ1) is 12.5. The molecule has 2 heterocycles. The molecular weight excluding hydrogens is 250 g/mol. The molecule has 0 saturated carbocycles. The van der Waals surface area contributed by atoms with Crippen LogP contribution in [0.25, 0.3) is 0 Å². The lowest BCUT2D eigenvalue weighted by atomic mass is 9.95. The molecule has 2 aromatic rings. The van der Waals surface area contributed by atoms with Crippen LogP contribution in [0.2, 0.25) is 0 Å². The van der Waals surface area contributed by atoms with Gasteiger partial charge in [-0.15, -0.1) is 21.5 Å². The van der Waals surface area contributed by atoms with Crippen LogP contribution in [-0.2, 0) is 12.0 Å². The molecule has 0 aliphatic rings. The Morgan fingerprint density at radius 1 is 1.18 bits per heavy atom. The van der Waals surface area contributed by atoms with Gasteiger partial charge in [-0.1, -0.05) is 32.1 Å². The van der Waals surface area contributed by atoms with Gasteiger partial charge in [0.15, 0.2) is 0 Å². The molecule has 0 aromatic carbocycles. The number of rotatable bonds is 3. The summed E-state index contributed by atoms with van der Waals surface area (Å²) < 4.78 is 0. The van der Waals surface area contributed by atoms with Gasteiger partial charge in [-0.2, -0.15) is 0 Å². The van der Waals surface area contributed by atoms with Crippen molar-refractivity contribution in [1.82, 2.24) is 10.2 Å². The summed E-state index contributed by atoms with van der Waals surface area (Å²) in [6.45, 7) is 9.51. The average molecular weight is 267 g/mol. The van der Waals surface area contributed by atoms with Crippen LogP contribution in [0.3, 0.4) is 0 Å². The predicted octanol–water partition coefficient (Wildman–Crippen LogP) is 3.82. The summed E-state index contributed by atoms with van der Waals surface area (Å²) >= 11 is 3.45. The Morgan fingerprint density at radius 3 is 2.47 bits per heavy atom. The maximum absolute atomic E-state index is 4.05. The Kier molecular flexibility index (Phi) is 3.49. The van der Waals surface area contributed by atoms with Crippen molar-refractivity contribution in [3.8, 4) is 0 Å². The van der Waals surface area contributed by atoms with Gasteiger partial charge in [0.1, 0.15) is 5.01 Å². The van der Waals surface area contributed by atoms with Crippen molar-refractivity contribution in [1.29, 1.82) is 0 Å². The average Bonchev–Trinajstić information content (AvgIpc) is 2.82. The fraction of sp³-hybridized carbons (Fsp3) is 0.500. The van der Waals surface area contributed by atoms with Crippen LogP contribution in [0.15, 0.2) is 12.1 Å². The van der Waals surface area contributed by atoms with Crippen LogP contribution < -0.4 is 5.32 Å². The van der Waals surface area contributed by atoms with Gasteiger partial charge in [-0.3, -0.25) is 0 Å². The maximum atomic E-state index is 4.05. The van der Waals surface area contributed by atoms with E-state index in [-0.39, 0.29) is 5.41 Å². The molecule has 17 heavy (non-hydrogen) atoms. The zero-order valence-electron chi connectivity index (χ0n) is 10.6. The number of thiophene rings is 1. The van der Waals surface area contributed by atoms with E-state index in [2.05, 4.69) is 48.4 Å². The fourth-order valence-electron chi connectivity index (χ4n) is 1.41. The topological polar surface area (TPSA) is 37.8 Å². The van der Waals surface area contributed by atoms with Crippen molar-refractivity contribution in [3.63, 3.8) is 0 Å². The van der Waals surface area contributed by atoms with Crippen molar-refractivity contribution < 1.29 is 0 Å². The number of aromatic nitrogens is 2. The number of aryl methyl sites for hydroxylation is 1. The van der Waals surface area contributed by atoms with Gasteiger partial charge in [-0.25, -0.2) is 0 Å². The molecule has 0 unspecified atom stereocenters. The Hall–Kier alpha value is -0.940. The highest BCUT2D eigenvalue weighted by atomic mass is 32.1. The smallest absolute Gasteiger partial charge is 0.205 e. The van der Waals surface area contributed by atoms with Gasteiger partial charge in [0, 0.05) is 9.75 Å². The van der Waals surface area contributed by atoms with E-state index < -0.39 is 0 Å². The van der Waals surface area contributed by atoms with Crippen LogP contribution >= 0.6 is 22.7 Å². The SMILES string of the molecule is Cc1nnc(NCc2ccc(C(C)(C)C)s2)s1. The van der Waals surface area contributed by atoms with Gasteiger partial charge >= 0.3 is 0 Å².